The first-order chi connectivity index (χ1) is 17.4. The molecule has 10 heteroatoms. The molecule has 0 unspecified atom stereocenters. The van der Waals surface area contributed by atoms with Gasteiger partial charge in [-0.2, -0.15) is 9.40 Å². The molecule has 8 nitrogen and oxygen atoms in total. The number of para-hydroxylation sites is 1. The van der Waals surface area contributed by atoms with Gasteiger partial charge in [0.15, 0.2) is 5.65 Å². The predicted molar refractivity (Wildman–Crippen MR) is 142 cm³/mol. The molecular weight excluding hydrogens is 496 g/mol. The topological polar surface area (TPSA) is 84.2 Å². The molecular formula is C26H29ClN6O2S. The van der Waals surface area contributed by atoms with Crippen LogP contribution in [0.15, 0.2) is 59.5 Å². The first-order valence-corrected chi connectivity index (χ1v) is 14.0. The number of benzene rings is 2. The third-order valence-corrected chi connectivity index (χ3v) is 8.57. The fourth-order valence-corrected chi connectivity index (χ4v) is 6.22. The Kier molecular flexibility index (Phi) is 6.96. The van der Waals surface area contributed by atoms with E-state index in [9.17, 15) is 8.42 Å². The van der Waals surface area contributed by atoms with E-state index in [2.05, 4.69) is 11.8 Å². The molecule has 0 N–H and O–H groups in total. The molecule has 0 saturated carbocycles. The van der Waals surface area contributed by atoms with E-state index in [-0.39, 0.29) is 4.90 Å². The first-order valence-electron chi connectivity index (χ1n) is 12.2. The maximum atomic E-state index is 13.3. The summed E-state index contributed by atoms with van der Waals surface area (Å²) in [5.74, 6) is 1.60. The van der Waals surface area contributed by atoms with E-state index in [1.54, 1.807) is 28.6 Å². The minimum absolute atomic E-state index is 0.259. The first kappa shape index (κ1) is 24.7. The summed E-state index contributed by atoms with van der Waals surface area (Å²) in [7, 11) is -3.61. The second-order valence-corrected chi connectivity index (χ2v) is 11.3. The monoisotopic (exact) mass is 524 g/mol. The number of fused-ring (bicyclic) bond motifs is 1. The molecule has 1 aliphatic heterocycles. The van der Waals surface area contributed by atoms with Crippen molar-refractivity contribution in [2.75, 3.05) is 31.1 Å². The highest BCUT2D eigenvalue weighted by Gasteiger charge is 2.29. The zero-order chi connectivity index (χ0) is 25.3. The molecule has 0 amide bonds. The van der Waals surface area contributed by atoms with Crippen molar-refractivity contribution in [3.05, 3.63) is 71.1 Å². The minimum atomic E-state index is -3.61. The number of nitrogens with zero attached hydrogens (tertiary/aromatic N) is 6. The van der Waals surface area contributed by atoms with Gasteiger partial charge < -0.3 is 4.90 Å². The maximum absolute atomic E-state index is 13.3. The van der Waals surface area contributed by atoms with Crippen LogP contribution in [-0.2, 0) is 16.4 Å². The van der Waals surface area contributed by atoms with E-state index >= 15 is 0 Å². The van der Waals surface area contributed by atoms with Gasteiger partial charge in [-0.1, -0.05) is 36.7 Å². The Labute approximate surface area is 216 Å². The standard InChI is InChI=1S/C26H29ClN6O2S/c1-3-8-23-28-25(24-19(2)30-33(26(24)29-23)21-9-5-4-6-10-21)31-15-7-16-32(18-17-31)36(34,35)22-13-11-20(27)12-14-22/h4-6,9-14H,3,7-8,15-18H2,1-2H3. The number of hydrogen-bond donors (Lipinski definition) is 0. The molecule has 0 atom stereocenters. The second-order valence-electron chi connectivity index (χ2n) is 8.94. The van der Waals surface area contributed by atoms with Gasteiger partial charge in [-0.25, -0.2) is 23.1 Å². The predicted octanol–water partition coefficient (Wildman–Crippen LogP) is 4.63. The van der Waals surface area contributed by atoms with E-state index in [1.807, 2.05) is 41.9 Å². The van der Waals surface area contributed by atoms with Crippen LogP contribution in [0.2, 0.25) is 5.02 Å². The van der Waals surface area contributed by atoms with Crippen LogP contribution in [0.5, 0.6) is 0 Å². The molecule has 3 heterocycles. The van der Waals surface area contributed by atoms with Crippen molar-refractivity contribution in [2.45, 2.75) is 38.0 Å². The molecule has 1 fully saturated rings. The van der Waals surface area contributed by atoms with Crippen molar-refractivity contribution in [3.63, 3.8) is 0 Å². The SMILES string of the molecule is CCCc1nc(N2CCCN(S(=O)(=O)c3ccc(Cl)cc3)CC2)c2c(C)nn(-c3ccccc3)c2n1. The molecule has 0 aliphatic carbocycles. The van der Waals surface area contributed by atoms with Crippen LogP contribution >= 0.6 is 11.6 Å². The number of anilines is 1. The molecule has 1 saturated heterocycles. The molecule has 2 aromatic heterocycles. The number of aromatic nitrogens is 4. The highest BCUT2D eigenvalue weighted by atomic mass is 35.5. The van der Waals surface area contributed by atoms with Gasteiger partial charge in [0, 0.05) is 37.6 Å². The Morgan fingerprint density at radius 2 is 1.69 bits per heavy atom. The van der Waals surface area contributed by atoms with Gasteiger partial charge in [0.2, 0.25) is 10.0 Å². The number of aryl methyl sites for hydroxylation is 2. The quantitative estimate of drug-likeness (QED) is 0.365. The van der Waals surface area contributed by atoms with E-state index in [0.29, 0.717) is 37.6 Å². The maximum Gasteiger partial charge on any atom is 0.243 e. The number of hydrogen-bond acceptors (Lipinski definition) is 6. The fraction of sp³-hybridized carbons (Fsp3) is 0.346. The molecule has 4 aromatic rings. The lowest BCUT2D eigenvalue weighted by molar-refractivity contribution is 0.433. The van der Waals surface area contributed by atoms with Crippen molar-refractivity contribution >= 4 is 38.5 Å². The summed E-state index contributed by atoms with van der Waals surface area (Å²) in [6, 6.07) is 16.3. The molecule has 5 rings (SSSR count). The molecule has 0 spiro atoms. The minimum Gasteiger partial charge on any atom is -0.355 e. The molecule has 188 valence electrons. The second kappa shape index (κ2) is 10.2. The lowest BCUT2D eigenvalue weighted by atomic mass is 10.2. The van der Waals surface area contributed by atoms with Crippen LogP contribution < -0.4 is 4.90 Å². The van der Waals surface area contributed by atoms with Gasteiger partial charge >= 0.3 is 0 Å². The number of rotatable bonds is 6. The molecule has 2 aromatic carbocycles. The van der Waals surface area contributed by atoms with Crippen LogP contribution in [-0.4, -0.2) is 58.7 Å². The number of halogens is 1. The molecule has 36 heavy (non-hydrogen) atoms. The van der Waals surface area contributed by atoms with E-state index < -0.39 is 10.0 Å². The van der Waals surface area contributed by atoms with Gasteiger partial charge in [-0.05, 0) is 56.2 Å². The third-order valence-electron chi connectivity index (χ3n) is 6.41. The summed E-state index contributed by atoms with van der Waals surface area (Å²) < 4.78 is 30.0. The highest BCUT2D eigenvalue weighted by Crippen LogP contribution is 2.30. The number of sulfonamides is 1. The summed E-state index contributed by atoms with van der Waals surface area (Å²) in [5, 5.41) is 6.23. The van der Waals surface area contributed by atoms with Gasteiger partial charge in [0.05, 0.1) is 21.7 Å². The van der Waals surface area contributed by atoms with Gasteiger partial charge in [0.25, 0.3) is 0 Å². The lowest BCUT2D eigenvalue weighted by Crippen LogP contribution is -2.35. The molecule has 0 bridgehead atoms. The normalized spacial score (nSPS) is 15.4. The van der Waals surface area contributed by atoms with Crippen molar-refractivity contribution in [2.24, 2.45) is 0 Å². The Morgan fingerprint density at radius 1 is 0.944 bits per heavy atom. The largest absolute Gasteiger partial charge is 0.355 e. The van der Waals surface area contributed by atoms with Gasteiger partial charge in [-0.15, -0.1) is 0 Å². The van der Waals surface area contributed by atoms with E-state index in [0.717, 1.165) is 46.9 Å². The zero-order valence-electron chi connectivity index (χ0n) is 20.4. The molecule has 0 radical (unpaired) electrons. The Balaban J connectivity index is 1.51. The highest BCUT2D eigenvalue weighted by molar-refractivity contribution is 7.89. The van der Waals surface area contributed by atoms with Crippen molar-refractivity contribution in [3.8, 4) is 5.69 Å². The summed E-state index contributed by atoms with van der Waals surface area (Å²) in [6.07, 6.45) is 2.37. The summed E-state index contributed by atoms with van der Waals surface area (Å²) in [4.78, 5) is 12.3. The van der Waals surface area contributed by atoms with Crippen LogP contribution in [0.25, 0.3) is 16.7 Å². The lowest BCUT2D eigenvalue weighted by Gasteiger charge is -2.24. The Morgan fingerprint density at radius 3 is 2.42 bits per heavy atom. The Hall–Kier alpha value is -3.01. The van der Waals surface area contributed by atoms with Crippen molar-refractivity contribution in [1.29, 1.82) is 0 Å². The van der Waals surface area contributed by atoms with Crippen LogP contribution in [0, 0.1) is 6.92 Å². The van der Waals surface area contributed by atoms with Crippen LogP contribution in [0.1, 0.15) is 31.3 Å². The Bertz CT molecular complexity index is 1470. The van der Waals surface area contributed by atoms with Crippen LogP contribution in [0.4, 0.5) is 5.82 Å². The summed E-state index contributed by atoms with van der Waals surface area (Å²) >= 11 is 5.96. The summed E-state index contributed by atoms with van der Waals surface area (Å²) in [5.41, 5.74) is 2.57. The van der Waals surface area contributed by atoms with Gasteiger partial charge in [-0.3, -0.25) is 0 Å². The smallest absolute Gasteiger partial charge is 0.243 e. The van der Waals surface area contributed by atoms with Crippen molar-refractivity contribution < 1.29 is 8.42 Å². The fourth-order valence-electron chi connectivity index (χ4n) is 4.62. The van der Waals surface area contributed by atoms with E-state index in [4.69, 9.17) is 26.7 Å². The van der Waals surface area contributed by atoms with Gasteiger partial charge in [0.1, 0.15) is 11.6 Å². The van der Waals surface area contributed by atoms with E-state index in [1.165, 1.54) is 0 Å². The van der Waals surface area contributed by atoms with Crippen molar-refractivity contribution in [1.82, 2.24) is 24.1 Å². The van der Waals surface area contributed by atoms with Crippen LogP contribution in [0.3, 0.4) is 0 Å². The molecule has 1 aliphatic rings. The third kappa shape index (κ3) is 4.70. The average molecular weight is 525 g/mol. The zero-order valence-corrected chi connectivity index (χ0v) is 22.0. The summed E-state index contributed by atoms with van der Waals surface area (Å²) in [6.45, 7) is 6.12. The average Bonchev–Trinajstić information content (AvgIpc) is 3.04.